The van der Waals surface area contributed by atoms with Crippen molar-refractivity contribution in [2.24, 2.45) is 5.73 Å². The van der Waals surface area contributed by atoms with Crippen molar-refractivity contribution in [1.29, 1.82) is 0 Å². The number of hydrogen-bond acceptors (Lipinski definition) is 2. The third-order valence-electron chi connectivity index (χ3n) is 2.13. The van der Waals surface area contributed by atoms with Crippen LogP contribution < -0.4 is 5.73 Å². The predicted octanol–water partition coefficient (Wildman–Crippen LogP) is 2.06. The Bertz CT molecular complexity index is 85.9. The Labute approximate surface area is 76.2 Å². The highest BCUT2D eigenvalue weighted by atomic mass is 16.3. The summed E-state index contributed by atoms with van der Waals surface area (Å²) in [5.74, 6) is 0. The van der Waals surface area contributed by atoms with E-state index in [0.29, 0.717) is 0 Å². The summed E-state index contributed by atoms with van der Waals surface area (Å²) in [5.41, 5.74) is 5.36. The SMILES string of the molecule is CCCC[C@@H](O)CCCCCN. The zero-order chi connectivity index (χ0) is 9.23. The molecule has 0 saturated heterocycles. The first-order valence-electron chi connectivity index (χ1n) is 5.19. The molecule has 1 atom stereocenters. The van der Waals surface area contributed by atoms with E-state index in [1.165, 1.54) is 12.8 Å². The molecule has 0 unspecified atom stereocenters. The van der Waals surface area contributed by atoms with Gasteiger partial charge in [0, 0.05) is 0 Å². The molecule has 0 rings (SSSR count). The van der Waals surface area contributed by atoms with Crippen LogP contribution in [0.2, 0.25) is 0 Å². The minimum atomic E-state index is -0.0669. The minimum absolute atomic E-state index is 0.0669. The highest BCUT2D eigenvalue weighted by molar-refractivity contribution is 4.55. The van der Waals surface area contributed by atoms with Crippen molar-refractivity contribution in [1.82, 2.24) is 0 Å². The molecule has 0 spiro atoms. The maximum Gasteiger partial charge on any atom is 0.0540 e. The van der Waals surface area contributed by atoms with Crippen molar-refractivity contribution < 1.29 is 5.11 Å². The van der Waals surface area contributed by atoms with E-state index in [1.807, 2.05) is 0 Å². The number of aliphatic hydroxyl groups is 1. The molecule has 0 aromatic rings. The molecule has 0 fully saturated rings. The smallest absolute Gasteiger partial charge is 0.0540 e. The number of rotatable bonds is 8. The van der Waals surface area contributed by atoms with Crippen molar-refractivity contribution in [2.45, 2.75) is 58.0 Å². The Kier molecular flexibility index (Phi) is 8.95. The summed E-state index contributed by atoms with van der Waals surface area (Å²) in [5, 5.41) is 9.45. The van der Waals surface area contributed by atoms with Gasteiger partial charge in [-0.25, -0.2) is 0 Å². The standard InChI is InChI=1S/C10H23NO/c1-2-3-7-10(12)8-5-4-6-9-11/h10,12H,2-9,11H2,1H3/t10-/m1/s1. The third kappa shape index (κ3) is 8.02. The first kappa shape index (κ1) is 11.9. The molecule has 0 saturated carbocycles. The maximum atomic E-state index is 9.45. The molecule has 2 nitrogen and oxygen atoms in total. The van der Waals surface area contributed by atoms with Gasteiger partial charge in [-0.15, -0.1) is 0 Å². The molecule has 0 amide bonds. The first-order valence-corrected chi connectivity index (χ1v) is 5.19. The van der Waals surface area contributed by atoms with E-state index >= 15 is 0 Å². The van der Waals surface area contributed by atoms with Gasteiger partial charge in [0.05, 0.1) is 6.10 Å². The highest BCUT2D eigenvalue weighted by Gasteiger charge is 2.01. The van der Waals surface area contributed by atoms with Crippen molar-refractivity contribution in [3.63, 3.8) is 0 Å². The number of unbranched alkanes of at least 4 members (excludes halogenated alkanes) is 3. The molecule has 2 heteroatoms. The largest absolute Gasteiger partial charge is 0.393 e. The van der Waals surface area contributed by atoms with Crippen LogP contribution in [0, 0.1) is 0 Å². The molecule has 0 aromatic heterocycles. The molecule has 74 valence electrons. The summed E-state index contributed by atoms with van der Waals surface area (Å²) in [7, 11) is 0. The molecular weight excluding hydrogens is 150 g/mol. The fraction of sp³-hybridized carbons (Fsp3) is 1.00. The van der Waals surface area contributed by atoms with Crippen LogP contribution in [0.5, 0.6) is 0 Å². The average molecular weight is 173 g/mol. The van der Waals surface area contributed by atoms with Crippen LogP contribution in [0.15, 0.2) is 0 Å². The summed E-state index contributed by atoms with van der Waals surface area (Å²) < 4.78 is 0. The zero-order valence-corrected chi connectivity index (χ0v) is 8.26. The molecule has 0 aliphatic carbocycles. The molecule has 3 N–H and O–H groups in total. The molecular formula is C10H23NO. The Balaban J connectivity index is 3.02. The molecule has 0 aliphatic rings. The van der Waals surface area contributed by atoms with E-state index in [1.54, 1.807) is 0 Å². The highest BCUT2D eigenvalue weighted by Crippen LogP contribution is 2.08. The zero-order valence-electron chi connectivity index (χ0n) is 8.26. The quantitative estimate of drug-likeness (QED) is 0.552. The van der Waals surface area contributed by atoms with E-state index < -0.39 is 0 Å². The Morgan fingerprint density at radius 3 is 2.33 bits per heavy atom. The number of aliphatic hydroxyl groups excluding tert-OH is 1. The lowest BCUT2D eigenvalue weighted by Gasteiger charge is -2.08. The van der Waals surface area contributed by atoms with Gasteiger partial charge >= 0.3 is 0 Å². The lowest BCUT2D eigenvalue weighted by molar-refractivity contribution is 0.148. The van der Waals surface area contributed by atoms with E-state index in [2.05, 4.69) is 6.92 Å². The second-order valence-corrected chi connectivity index (χ2v) is 3.43. The van der Waals surface area contributed by atoms with E-state index in [4.69, 9.17) is 5.73 Å². The Hall–Kier alpha value is -0.0800. The minimum Gasteiger partial charge on any atom is -0.393 e. The van der Waals surface area contributed by atoms with Gasteiger partial charge in [0.2, 0.25) is 0 Å². The summed E-state index contributed by atoms with van der Waals surface area (Å²) in [6.45, 7) is 2.94. The Morgan fingerprint density at radius 1 is 1.08 bits per heavy atom. The molecule has 0 bridgehead atoms. The van der Waals surface area contributed by atoms with E-state index in [0.717, 1.165) is 38.6 Å². The molecule has 0 radical (unpaired) electrons. The summed E-state index contributed by atoms with van der Waals surface area (Å²) >= 11 is 0. The van der Waals surface area contributed by atoms with Gasteiger partial charge < -0.3 is 10.8 Å². The first-order chi connectivity index (χ1) is 5.81. The summed E-state index contributed by atoms with van der Waals surface area (Å²) in [4.78, 5) is 0. The van der Waals surface area contributed by atoms with Gasteiger partial charge in [-0.2, -0.15) is 0 Å². The maximum absolute atomic E-state index is 9.45. The molecule has 0 heterocycles. The molecule has 0 aliphatic heterocycles. The molecule has 12 heavy (non-hydrogen) atoms. The van der Waals surface area contributed by atoms with Gasteiger partial charge in [0.25, 0.3) is 0 Å². The van der Waals surface area contributed by atoms with Gasteiger partial charge in [0.1, 0.15) is 0 Å². The fourth-order valence-corrected chi connectivity index (χ4v) is 1.29. The normalized spacial score (nSPS) is 13.2. The number of hydrogen-bond donors (Lipinski definition) is 2. The second kappa shape index (κ2) is 9.01. The predicted molar refractivity (Wildman–Crippen MR) is 53.1 cm³/mol. The monoisotopic (exact) mass is 173 g/mol. The van der Waals surface area contributed by atoms with Crippen LogP contribution in [-0.4, -0.2) is 17.8 Å². The van der Waals surface area contributed by atoms with Crippen molar-refractivity contribution >= 4 is 0 Å². The summed E-state index contributed by atoms with van der Waals surface area (Å²) in [6, 6.07) is 0. The van der Waals surface area contributed by atoms with Crippen LogP contribution in [0.25, 0.3) is 0 Å². The van der Waals surface area contributed by atoms with Gasteiger partial charge in [-0.05, 0) is 25.8 Å². The van der Waals surface area contributed by atoms with E-state index in [-0.39, 0.29) is 6.10 Å². The van der Waals surface area contributed by atoms with E-state index in [9.17, 15) is 5.11 Å². The van der Waals surface area contributed by atoms with Crippen LogP contribution >= 0.6 is 0 Å². The van der Waals surface area contributed by atoms with Crippen LogP contribution in [0.4, 0.5) is 0 Å². The van der Waals surface area contributed by atoms with Gasteiger partial charge in [-0.1, -0.05) is 32.6 Å². The summed E-state index contributed by atoms with van der Waals surface area (Å²) in [6.07, 6.45) is 7.59. The third-order valence-corrected chi connectivity index (χ3v) is 2.13. The van der Waals surface area contributed by atoms with Crippen molar-refractivity contribution in [2.75, 3.05) is 6.54 Å². The average Bonchev–Trinajstić information content (AvgIpc) is 2.09. The Morgan fingerprint density at radius 2 is 1.75 bits per heavy atom. The van der Waals surface area contributed by atoms with Gasteiger partial charge in [-0.3, -0.25) is 0 Å². The molecule has 0 aromatic carbocycles. The number of nitrogens with two attached hydrogens (primary N) is 1. The fourth-order valence-electron chi connectivity index (χ4n) is 1.29. The van der Waals surface area contributed by atoms with Crippen LogP contribution in [0.1, 0.15) is 51.9 Å². The topological polar surface area (TPSA) is 46.2 Å². The van der Waals surface area contributed by atoms with Crippen molar-refractivity contribution in [3.05, 3.63) is 0 Å². The lowest BCUT2D eigenvalue weighted by atomic mass is 10.1. The van der Waals surface area contributed by atoms with Gasteiger partial charge in [0.15, 0.2) is 0 Å². The van der Waals surface area contributed by atoms with Crippen LogP contribution in [0.3, 0.4) is 0 Å². The second-order valence-electron chi connectivity index (χ2n) is 3.43. The van der Waals surface area contributed by atoms with Crippen LogP contribution in [-0.2, 0) is 0 Å². The lowest BCUT2D eigenvalue weighted by Crippen LogP contribution is -2.06. The van der Waals surface area contributed by atoms with Crippen molar-refractivity contribution in [3.8, 4) is 0 Å².